The number of anilines is 1. The number of hydrogen-bond acceptors (Lipinski definition) is 11. The number of rotatable bonds is 4. The Morgan fingerprint density at radius 1 is 1.24 bits per heavy atom. The highest BCUT2D eigenvalue weighted by Gasteiger charge is 2.49. The van der Waals surface area contributed by atoms with Crippen LogP contribution >= 0.6 is 11.3 Å². The molecule has 4 aromatic heterocycles. The smallest absolute Gasteiger partial charge is 0.193 e. The highest BCUT2D eigenvalue weighted by molar-refractivity contribution is 7.90. The Morgan fingerprint density at radius 3 is 2.73 bits per heavy atom. The third kappa shape index (κ3) is 3.87. The van der Waals surface area contributed by atoms with Crippen molar-refractivity contribution in [3.8, 4) is 17.6 Å². The molecule has 3 aliphatic rings. The molecule has 1 spiro atoms. The Kier molecular flexibility index (Phi) is 6.05. The molecule has 1 saturated heterocycles. The summed E-state index contributed by atoms with van der Waals surface area (Å²) in [6, 6.07) is 2.60. The number of aromatic nitrogens is 5. The van der Waals surface area contributed by atoms with Crippen LogP contribution in [-0.2, 0) is 28.1 Å². The number of fused-ring (bicyclic) bond motifs is 5. The second-order valence-corrected chi connectivity index (χ2v) is 14.8. The van der Waals surface area contributed by atoms with Gasteiger partial charge in [0.2, 0.25) is 0 Å². The van der Waals surface area contributed by atoms with Crippen molar-refractivity contribution < 1.29 is 12.9 Å². The van der Waals surface area contributed by atoms with Gasteiger partial charge in [0.15, 0.2) is 37.8 Å². The molecule has 0 radical (unpaired) electrons. The normalized spacial score (nSPS) is 23.5. The molecule has 1 aliphatic heterocycles. The van der Waals surface area contributed by atoms with Crippen LogP contribution in [0.15, 0.2) is 15.7 Å². The minimum Gasteiger partial charge on any atom is -0.389 e. The maximum absolute atomic E-state index is 13.0. The van der Waals surface area contributed by atoms with Crippen molar-refractivity contribution in [2.45, 2.75) is 80.8 Å². The van der Waals surface area contributed by atoms with Crippen LogP contribution in [0.4, 0.5) is 5.00 Å². The van der Waals surface area contributed by atoms with Crippen LogP contribution < -0.4 is 5.73 Å². The lowest BCUT2D eigenvalue weighted by atomic mass is 9.63. The molecule has 2 N–H and O–H groups in total. The first-order valence-electron chi connectivity index (χ1n) is 14.1. The van der Waals surface area contributed by atoms with E-state index in [0.717, 1.165) is 79.5 Å². The predicted molar refractivity (Wildman–Crippen MR) is 154 cm³/mol. The van der Waals surface area contributed by atoms with Gasteiger partial charge in [0, 0.05) is 22.7 Å². The van der Waals surface area contributed by atoms with E-state index in [4.69, 9.17) is 15.2 Å². The van der Waals surface area contributed by atoms with E-state index in [1.54, 1.807) is 6.20 Å². The summed E-state index contributed by atoms with van der Waals surface area (Å²) in [4.78, 5) is 12.9. The van der Waals surface area contributed by atoms with Gasteiger partial charge in [0.25, 0.3) is 0 Å². The standard InChI is InChI=1S/C28H32N8O3S2/c1-15(19-8-6-12-35(19)2)36-26-18(14-31-36)27(41(3,37)38)33-25(32-26)22-16-7-4-10-28(23(16)39-34-22)11-5-9-20-21(28)17(13-29)24(30)40-20/h14-15,19H,4-12,30H2,1-3H3/t15-,19-,28-/m0/s1. The summed E-state index contributed by atoms with van der Waals surface area (Å²) in [5, 5.41) is 20.0. The Bertz CT molecular complexity index is 1850. The lowest BCUT2D eigenvalue weighted by Gasteiger charge is -2.39. The highest BCUT2D eigenvalue weighted by Crippen LogP contribution is 2.55. The van der Waals surface area contributed by atoms with Gasteiger partial charge in [-0.1, -0.05) is 5.16 Å². The van der Waals surface area contributed by atoms with Gasteiger partial charge < -0.3 is 15.2 Å². The SMILES string of the molecule is C[C@@H]([C@@H]1CCCN1C)n1ncc2c(S(C)(=O)=O)nc(-c3noc4c3CCC[C@@]43CCCc4sc(N)c(C#N)c43)nc21. The lowest BCUT2D eigenvalue weighted by molar-refractivity contribution is 0.232. The molecule has 0 amide bonds. The van der Waals surface area contributed by atoms with Crippen molar-refractivity contribution in [3.63, 3.8) is 0 Å². The molecule has 0 aromatic carbocycles. The molecule has 13 heteroatoms. The van der Waals surface area contributed by atoms with E-state index in [1.165, 1.54) is 11.3 Å². The van der Waals surface area contributed by atoms with Gasteiger partial charge in [-0.05, 0) is 77.4 Å². The molecule has 11 nitrogen and oxygen atoms in total. The van der Waals surface area contributed by atoms with E-state index in [-0.39, 0.29) is 22.9 Å². The number of nitrogens with two attached hydrogens (primary N) is 1. The Morgan fingerprint density at radius 2 is 2.02 bits per heavy atom. The summed E-state index contributed by atoms with van der Waals surface area (Å²) in [5.74, 6) is 0.947. The molecule has 5 heterocycles. The molecule has 214 valence electrons. The van der Waals surface area contributed by atoms with Gasteiger partial charge >= 0.3 is 0 Å². The molecule has 2 aliphatic carbocycles. The van der Waals surface area contributed by atoms with E-state index < -0.39 is 15.3 Å². The van der Waals surface area contributed by atoms with E-state index in [0.29, 0.717) is 33.7 Å². The van der Waals surface area contributed by atoms with E-state index >= 15 is 0 Å². The molecule has 0 unspecified atom stereocenters. The zero-order valence-corrected chi connectivity index (χ0v) is 25.0. The monoisotopic (exact) mass is 592 g/mol. The number of nitrogen functional groups attached to an aromatic ring is 1. The number of aryl methyl sites for hydroxylation is 1. The fraction of sp³-hybridized carbons (Fsp3) is 0.536. The van der Waals surface area contributed by atoms with Crippen LogP contribution in [0.25, 0.3) is 22.6 Å². The van der Waals surface area contributed by atoms with Gasteiger partial charge in [-0.15, -0.1) is 11.3 Å². The third-order valence-electron chi connectivity index (χ3n) is 9.36. The van der Waals surface area contributed by atoms with Crippen LogP contribution in [0.3, 0.4) is 0 Å². The van der Waals surface area contributed by atoms with Crippen molar-refractivity contribution in [1.29, 1.82) is 5.26 Å². The van der Waals surface area contributed by atoms with Crippen molar-refractivity contribution in [2.75, 3.05) is 25.6 Å². The van der Waals surface area contributed by atoms with Crippen LogP contribution in [0, 0.1) is 11.3 Å². The quantitative estimate of drug-likeness (QED) is 0.343. The van der Waals surface area contributed by atoms with Gasteiger partial charge in [0.05, 0.1) is 28.6 Å². The van der Waals surface area contributed by atoms with Crippen LogP contribution in [0.1, 0.15) is 78.8 Å². The summed E-state index contributed by atoms with van der Waals surface area (Å²) < 4.78 is 33.9. The molecule has 7 rings (SSSR count). The summed E-state index contributed by atoms with van der Waals surface area (Å²) in [6.07, 6.45) is 9.94. The van der Waals surface area contributed by atoms with Gasteiger partial charge in [-0.3, -0.25) is 0 Å². The molecule has 0 bridgehead atoms. The Balaban J connectivity index is 1.41. The van der Waals surface area contributed by atoms with Gasteiger partial charge in [-0.2, -0.15) is 10.4 Å². The second kappa shape index (κ2) is 9.34. The zero-order chi connectivity index (χ0) is 28.7. The fourth-order valence-corrected chi connectivity index (χ4v) is 9.47. The Hall–Kier alpha value is -3.34. The molecular formula is C28H32N8O3S2. The van der Waals surface area contributed by atoms with Crippen LogP contribution in [0.2, 0.25) is 0 Å². The van der Waals surface area contributed by atoms with Crippen molar-refractivity contribution in [2.24, 2.45) is 0 Å². The number of likely N-dealkylation sites (tertiary alicyclic amines) is 1. The van der Waals surface area contributed by atoms with Crippen LogP contribution in [-0.4, -0.2) is 64.1 Å². The van der Waals surface area contributed by atoms with Gasteiger partial charge in [-0.25, -0.2) is 23.1 Å². The summed E-state index contributed by atoms with van der Waals surface area (Å²) in [5.41, 5.74) is 9.14. The number of sulfone groups is 1. The van der Waals surface area contributed by atoms with E-state index in [9.17, 15) is 13.7 Å². The topological polar surface area (TPSA) is 157 Å². The van der Waals surface area contributed by atoms with E-state index in [1.807, 2.05) is 4.68 Å². The van der Waals surface area contributed by atoms with Crippen molar-refractivity contribution in [3.05, 3.63) is 33.5 Å². The van der Waals surface area contributed by atoms with E-state index in [2.05, 4.69) is 40.2 Å². The minimum absolute atomic E-state index is 0.0150. The molecular weight excluding hydrogens is 560 g/mol. The predicted octanol–water partition coefficient (Wildman–Crippen LogP) is 4.01. The number of nitrogens with zero attached hydrogens (tertiary/aromatic N) is 7. The number of thiophene rings is 1. The molecule has 0 saturated carbocycles. The molecule has 1 fully saturated rings. The van der Waals surface area contributed by atoms with Crippen molar-refractivity contribution >= 4 is 37.2 Å². The van der Waals surface area contributed by atoms with Gasteiger partial charge in [0.1, 0.15) is 11.1 Å². The van der Waals surface area contributed by atoms with Crippen molar-refractivity contribution in [1.82, 2.24) is 29.8 Å². The van der Waals surface area contributed by atoms with Crippen LogP contribution in [0.5, 0.6) is 0 Å². The minimum atomic E-state index is -3.70. The maximum Gasteiger partial charge on any atom is 0.193 e. The largest absolute Gasteiger partial charge is 0.389 e. The average molecular weight is 593 g/mol. The first-order valence-corrected chi connectivity index (χ1v) is 16.8. The first kappa shape index (κ1) is 26.6. The summed E-state index contributed by atoms with van der Waals surface area (Å²) in [6.45, 7) is 3.11. The number of nitriles is 1. The molecule has 4 aromatic rings. The highest BCUT2D eigenvalue weighted by atomic mass is 32.2. The first-order chi connectivity index (χ1) is 19.6. The molecule has 41 heavy (non-hydrogen) atoms. The average Bonchev–Trinajstić information content (AvgIpc) is 3.72. The third-order valence-corrected chi connectivity index (χ3v) is 11.5. The summed E-state index contributed by atoms with van der Waals surface area (Å²) >= 11 is 1.50. The maximum atomic E-state index is 13.0. The zero-order valence-electron chi connectivity index (χ0n) is 23.3. The molecule has 3 atom stereocenters. The summed E-state index contributed by atoms with van der Waals surface area (Å²) in [7, 11) is -1.60. The second-order valence-electron chi connectivity index (χ2n) is 11.8. The Labute approximate surface area is 242 Å². The lowest BCUT2D eigenvalue weighted by Crippen LogP contribution is -2.35. The number of likely N-dealkylation sites (N-methyl/N-ethyl adjacent to an activating group) is 1. The fourth-order valence-electron chi connectivity index (χ4n) is 7.51. The number of hydrogen-bond donors (Lipinski definition) is 1.